The molecule has 6 heteroatoms. The Bertz CT molecular complexity index is 215. The van der Waals surface area contributed by atoms with Crippen LogP contribution in [0, 0.1) is 0 Å². The van der Waals surface area contributed by atoms with Crippen molar-refractivity contribution in [3.8, 4) is 0 Å². The van der Waals surface area contributed by atoms with E-state index < -0.39 is 21.4 Å². The Hall–Kier alpha value is -0.170. The minimum atomic E-state index is -4.04. The third kappa shape index (κ3) is 3.48. The van der Waals surface area contributed by atoms with Crippen LogP contribution in [0.5, 0.6) is 0 Å². The van der Waals surface area contributed by atoms with E-state index in [4.69, 9.17) is 16.0 Å². The van der Waals surface area contributed by atoms with Gasteiger partial charge in [0, 0.05) is 6.04 Å². The molecule has 74 valence electrons. The molecule has 2 unspecified atom stereocenters. The van der Waals surface area contributed by atoms with E-state index in [2.05, 4.69) is 0 Å². The summed E-state index contributed by atoms with van der Waals surface area (Å²) in [6.07, 6.45) is 0.707. The summed E-state index contributed by atoms with van der Waals surface area (Å²) in [7, 11) is -4.04. The lowest BCUT2D eigenvalue weighted by Crippen LogP contribution is -2.41. The van der Waals surface area contributed by atoms with Crippen LogP contribution in [-0.4, -0.2) is 30.8 Å². The smallest absolute Gasteiger partial charge is 0.269 e. The van der Waals surface area contributed by atoms with Crippen molar-refractivity contribution in [2.75, 3.05) is 6.54 Å². The van der Waals surface area contributed by atoms with Crippen LogP contribution in [0.3, 0.4) is 0 Å². The fraction of sp³-hybridized carbons (Fsp3) is 1.00. The van der Waals surface area contributed by atoms with Crippen molar-refractivity contribution in [2.24, 2.45) is 11.5 Å². The fourth-order valence-corrected chi connectivity index (χ4v) is 2.08. The summed E-state index contributed by atoms with van der Waals surface area (Å²) in [6.45, 7) is 1.97. The predicted molar refractivity (Wildman–Crippen MR) is 47.3 cm³/mol. The summed E-state index contributed by atoms with van der Waals surface area (Å²) in [5, 5.41) is -0.924. The summed E-state index contributed by atoms with van der Waals surface area (Å²) >= 11 is 0. The van der Waals surface area contributed by atoms with E-state index >= 15 is 0 Å². The van der Waals surface area contributed by atoms with Gasteiger partial charge < -0.3 is 11.5 Å². The van der Waals surface area contributed by atoms with Crippen molar-refractivity contribution >= 4 is 10.1 Å². The van der Waals surface area contributed by atoms with Gasteiger partial charge in [0.15, 0.2) is 0 Å². The monoisotopic (exact) mass is 196 g/mol. The van der Waals surface area contributed by atoms with Gasteiger partial charge in [-0.05, 0) is 19.4 Å². The van der Waals surface area contributed by atoms with Gasteiger partial charge in [-0.1, -0.05) is 6.92 Å². The average Bonchev–Trinajstić information content (AvgIpc) is 1.96. The zero-order valence-corrected chi connectivity index (χ0v) is 7.92. The first-order chi connectivity index (χ1) is 5.43. The molecule has 5 nitrogen and oxygen atoms in total. The molecule has 0 spiro atoms. The molecule has 12 heavy (non-hydrogen) atoms. The Kier molecular flexibility index (Phi) is 4.69. The normalized spacial score (nSPS) is 17.3. The molecule has 0 saturated carbocycles. The average molecular weight is 196 g/mol. The molecule has 0 aliphatic rings. The molecule has 0 aliphatic heterocycles. The van der Waals surface area contributed by atoms with E-state index in [1.807, 2.05) is 0 Å². The van der Waals surface area contributed by atoms with Gasteiger partial charge in [-0.2, -0.15) is 8.42 Å². The molecule has 0 aromatic heterocycles. The third-order valence-corrected chi connectivity index (χ3v) is 3.13. The third-order valence-electron chi connectivity index (χ3n) is 1.78. The lowest BCUT2D eigenvalue weighted by Gasteiger charge is -2.18. The lowest BCUT2D eigenvalue weighted by molar-refractivity contribution is 0.441. The van der Waals surface area contributed by atoms with E-state index in [0.29, 0.717) is 6.42 Å². The first-order valence-electron chi connectivity index (χ1n) is 3.85. The number of nitrogens with two attached hydrogens (primary N) is 2. The van der Waals surface area contributed by atoms with Crippen LogP contribution in [-0.2, 0) is 10.1 Å². The quantitative estimate of drug-likeness (QED) is 0.505. The molecular formula is C6H16N2O3S. The second-order valence-electron chi connectivity index (χ2n) is 2.70. The van der Waals surface area contributed by atoms with Gasteiger partial charge in [0.1, 0.15) is 5.25 Å². The highest BCUT2D eigenvalue weighted by Crippen LogP contribution is 2.09. The highest BCUT2D eigenvalue weighted by molar-refractivity contribution is 7.86. The maximum atomic E-state index is 10.7. The van der Waals surface area contributed by atoms with Crippen LogP contribution in [0.4, 0.5) is 0 Å². The van der Waals surface area contributed by atoms with Crippen molar-refractivity contribution in [1.82, 2.24) is 0 Å². The van der Waals surface area contributed by atoms with Gasteiger partial charge in [-0.15, -0.1) is 0 Å². The van der Waals surface area contributed by atoms with Crippen molar-refractivity contribution < 1.29 is 13.0 Å². The van der Waals surface area contributed by atoms with Gasteiger partial charge in [0.05, 0.1) is 0 Å². The molecule has 0 heterocycles. The van der Waals surface area contributed by atoms with Crippen LogP contribution >= 0.6 is 0 Å². The van der Waals surface area contributed by atoms with Gasteiger partial charge in [-0.3, -0.25) is 4.55 Å². The minimum Gasteiger partial charge on any atom is -0.330 e. The second-order valence-corrected chi connectivity index (χ2v) is 4.34. The van der Waals surface area contributed by atoms with Crippen molar-refractivity contribution in [1.29, 1.82) is 0 Å². The molecular weight excluding hydrogens is 180 g/mol. The van der Waals surface area contributed by atoms with Gasteiger partial charge >= 0.3 is 0 Å². The molecule has 0 aromatic carbocycles. The number of rotatable bonds is 5. The van der Waals surface area contributed by atoms with Crippen LogP contribution in [0.1, 0.15) is 19.8 Å². The van der Waals surface area contributed by atoms with E-state index in [9.17, 15) is 8.42 Å². The predicted octanol–water partition coefficient (Wildman–Crippen LogP) is -0.671. The minimum absolute atomic E-state index is 0.202. The second kappa shape index (κ2) is 4.76. The Labute approximate surface area is 72.9 Å². The Balaban J connectivity index is 4.44. The van der Waals surface area contributed by atoms with Crippen LogP contribution < -0.4 is 11.5 Å². The van der Waals surface area contributed by atoms with Gasteiger partial charge in [0.2, 0.25) is 0 Å². The topological polar surface area (TPSA) is 106 Å². The molecule has 0 bridgehead atoms. The van der Waals surface area contributed by atoms with Gasteiger partial charge in [-0.25, -0.2) is 0 Å². The summed E-state index contributed by atoms with van der Waals surface area (Å²) in [4.78, 5) is 0. The molecule has 0 aromatic rings. The highest BCUT2D eigenvalue weighted by atomic mass is 32.2. The van der Waals surface area contributed by atoms with Crippen LogP contribution in [0.15, 0.2) is 0 Å². The molecule has 0 amide bonds. The SMILES string of the molecule is CCC(N)C(CCN)S(=O)(=O)O. The largest absolute Gasteiger partial charge is 0.330 e. The zero-order valence-electron chi connectivity index (χ0n) is 7.10. The van der Waals surface area contributed by atoms with Crippen molar-refractivity contribution in [2.45, 2.75) is 31.1 Å². The van der Waals surface area contributed by atoms with Crippen molar-refractivity contribution in [3.05, 3.63) is 0 Å². The highest BCUT2D eigenvalue weighted by Gasteiger charge is 2.27. The Morgan fingerprint density at radius 2 is 2.00 bits per heavy atom. The maximum Gasteiger partial charge on any atom is 0.269 e. The van der Waals surface area contributed by atoms with E-state index in [-0.39, 0.29) is 13.0 Å². The molecule has 0 fully saturated rings. The lowest BCUT2D eigenvalue weighted by atomic mass is 10.1. The standard InChI is InChI=1S/C6H16N2O3S/c1-2-5(8)6(3-4-7)12(9,10)11/h5-6H,2-4,7-8H2,1H3,(H,9,10,11). The summed E-state index contributed by atoms with van der Waals surface area (Å²) < 4.78 is 30.2. The Morgan fingerprint density at radius 1 is 1.50 bits per heavy atom. The summed E-state index contributed by atoms with van der Waals surface area (Å²) in [5.41, 5.74) is 10.7. The van der Waals surface area contributed by atoms with Crippen molar-refractivity contribution in [3.63, 3.8) is 0 Å². The Morgan fingerprint density at radius 3 is 2.25 bits per heavy atom. The number of hydrogen-bond donors (Lipinski definition) is 3. The number of hydrogen-bond acceptors (Lipinski definition) is 4. The first-order valence-corrected chi connectivity index (χ1v) is 5.35. The van der Waals surface area contributed by atoms with Crippen LogP contribution in [0.25, 0.3) is 0 Å². The van der Waals surface area contributed by atoms with Gasteiger partial charge in [0.25, 0.3) is 10.1 Å². The molecule has 0 radical (unpaired) electrons. The summed E-state index contributed by atoms with van der Waals surface area (Å²) in [6, 6.07) is -0.538. The van der Waals surface area contributed by atoms with E-state index in [0.717, 1.165) is 0 Å². The van der Waals surface area contributed by atoms with Crippen LogP contribution in [0.2, 0.25) is 0 Å². The maximum absolute atomic E-state index is 10.7. The molecule has 0 aliphatic carbocycles. The zero-order chi connectivity index (χ0) is 9.78. The molecule has 5 N–H and O–H groups in total. The first kappa shape index (κ1) is 11.8. The van der Waals surface area contributed by atoms with E-state index in [1.54, 1.807) is 6.92 Å². The molecule has 0 rings (SSSR count). The fourth-order valence-electron chi connectivity index (χ4n) is 1.01. The molecule has 2 atom stereocenters. The summed E-state index contributed by atoms with van der Waals surface area (Å²) in [5.74, 6) is 0. The molecule has 0 saturated heterocycles. The van der Waals surface area contributed by atoms with E-state index in [1.165, 1.54) is 0 Å².